The van der Waals surface area contributed by atoms with E-state index in [1.807, 2.05) is 12.1 Å². The average molecular weight is 219 g/mol. The Labute approximate surface area is 97.8 Å². The SMILES string of the molecule is CCCCCCCC(=N)c1ccc(O)cc1. The summed E-state index contributed by atoms with van der Waals surface area (Å²) in [4.78, 5) is 0. The molecule has 0 fully saturated rings. The molecule has 88 valence electrons. The van der Waals surface area contributed by atoms with Crippen LogP contribution < -0.4 is 0 Å². The van der Waals surface area contributed by atoms with Gasteiger partial charge in [-0.1, -0.05) is 32.6 Å². The van der Waals surface area contributed by atoms with Crippen LogP contribution in [0.4, 0.5) is 0 Å². The van der Waals surface area contributed by atoms with Gasteiger partial charge in [0.05, 0.1) is 0 Å². The highest BCUT2D eigenvalue weighted by atomic mass is 16.3. The van der Waals surface area contributed by atoms with Gasteiger partial charge in [-0.05, 0) is 42.7 Å². The second-order valence-electron chi connectivity index (χ2n) is 4.19. The average Bonchev–Trinajstić information content (AvgIpc) is 2.29. The van der Waals surface area contributed by atoms with E-state index in [9.17, 15) is 0 Å². The maximum absolute atomic E-state index is 9.14. The number of phenols is 1. The van der Waals surface area contributed by atoms with E-state index in [1.54, 1.807) is 12.1 Å². The van der Waals surface area contributed by atoms with Crippen molar-refractivity contribution in [2.24, 2.45) is 0 Å². The minimum absolute atomic E-state index is 0.263. The molecule has 0 radical (unpaired) electrons. The van der Waals surface area contributed by atoms with E-state index in [0.29, 0.717) is 5.71 Å². The maximum Gasteiger partial charge on any atom is 0.115 e. The Balaban J connectivity index is 2.27. The zero-order valence-electron chi connectivity index (χ0n) is 10.00. The molecule has 1 aromatic rings. The maximum atomic E-state index is 9.14. The molecular weight excluding hydrogens is 198 g/mol. The first-order valence-corrected chi connectivity index (χ1v) is 6.11. The number of unbranched alkanes of at least 4 members (excludes halogenated alkanes) is 4. The molecule has 2 heteroatoms. The van der Waals surface area contributed by atoms with E-state index < -0.39 is 0 Å². The molecule has 0 saturated heterocycles. The highest BCUT2D eigenvalue weighted by Gasteiger charge is 2.01. The molecule has 2 N–H and O–H groups in total. The van der Waals surface area contributed by atoms with E-state index in [0.717, 1.165) is 18.4 Å². The van der Waals surface area contributed by atoms with Gasteiger partial charge in [0, 0.05) is 5.71 Å². The third kappa shape index (κ3) is 4.47. The summed E-state index contributed by atoms with van der Waals surface area (Å²) in [5.41, 5.74) is 1.60. The van der Waals surface area contributed by atoms with Crippen LogP contribution in [0.25, 0.3) is 0 Å². The summed E-state index contributed by atoms with van der Waals surface area (Å²) in [6.45, 7) is 2.21. The van der Waals surface area contributed by atoms with Crippen LogP contribution in [0.2, 0.25) is 0 Å². The minimum Gasteiger partial charge on any atom is -0.508 e. The van der Waals surface area contributed by atoms with E-state index in [1.165, 1.54) is 25.7 Å². The third-order valence-electron chi connectivity index (χ3n) is 2.75. The van der Waals surface area contributed by atoms with E-state index in [4.69, 9.17) is 10.5 Å². The highest BCUT2D eigenvalue weighted by Crippen LogP contribution is 2.13. The summed E-state index contributed by atoms with van der Waals surface area (Å²) in [6.07, 6.45) is 6.99. The van der Waals surface area contributed by atoms with Crippen LogP contribution in [0, 0.1) is 5.41 Å². The van der Waals surface area contributed by atoms with Gasteiger partial charge >= 0.3 is 0 Å². The summed E-state index contributed by atoms with van der Waals surface area (Å²) in [5, 5.41) is 17.0. The molecule has 0 atom stereocenters. The first-order valence-electron chi connectivity index (χ1n) is 6.11. The van der Waals surface area contributed by atoms with Crippen molar-refractivity contribution in [1.29, 1.82) is 5.41 Å². The molecule has 0 aliphatic heterocycles. The monoisotopic (exact) mass is 219 g/mol. The molecule has 0 spiro atoms. The molecule has 0 heterocycles. The van der Waals surface area contributed by atoms with E-state index >= 15 is 0 Å². The molecule has 0 aliphatic carbocycles. The lowest BCUT2D eigenvalue weighted by molar-refractivity contribution is 0.475. The van der Waals surface area contributed by atoms with Gasteiger partial charge in [-0.2, -0.15) is 0 Å². The summed E-state index contributed by atoms with van der Waals surface area (Å²) in [7, 11) is 0. The fourth-order valence-corrected chi connectivity index (χ4v) is 1.71. The van der Waals surface area contributed by atoms with Gasteiger partial charge in [-0.25, -0.2) is 0 Å². The van der Waals surface area contributed by atoms with Crippen molar-refractivity contribution < 1.29 is 5.11 Å². The van der Waals surface area contributed by atoms with Crippen LogP contribution in [0.5, 0.6) is 5.75 Å². The lowest BCUT2D eigenvalue weighted by Gasteiger charge is -2.04. The zero-order chi connectivity index (χ0) is 11.8. The number of nitrogens with one attached hydrogen (secondary N) is 1. The highest BCUT2D eigenvalue weighted by molar-refractivity contribution is 5.98. The molecule has 0 aromatic heterocycles. The number of hydrogen-bond donors (Lipinski definition) is 2. The van der Waals surface area contributed by atoms with Crippen molar-refractivity contribution in [3.63, 3.8) is 0 Å². The lowest BCUT2D eigenvalue weighted by Crippen LogP contribution is -1.98. The van der Waals surface area contributed by atoms with Crippen LogP contribution in [0.15, 0.2) is 24.3 Å². The van der Waals surface area contributed by atoms with Crippen molar-refractivity contribution in [2.75, 3.05) is 0 Å². The largest absolute Gasteiger partial charge is 0.508 e. The fraction of sp³-hybridized carbons (Fsp3) is 0.500. The van der Waals surface area contributed by atoms with Gasteiger partial charge in [-0.3, -0.25) is 0 Å². The van der Waals surface area contributed by atoms with Crippen LogP contribution in [-0.2, 0) is 0 Å². The van der Waals surface area contributed by atoms with Crippen molar-refractivity contribution in [1.82, 2.24) is 0 Å². The van der Waals surface area contributed by atoms with Gasteiger partial charge in [0.1, 0.15) is 5.75 Å². The second kappa shape index (κ2) is 7.04. The fourth-order valence-electron chi connectivity index (χ4n) is 1.71. The topological polar surface area (TPSA) is 44.1 Å². The van der Waals surface area contributed by atoms with Crippen LogP contribution in [0.1, 0.15) is 51.0 Å². The van der Waals surface area contributed by atoms with Crippen molar-refractivity contribution >= 4 is 5.71 Å². The molecule has 16 heavy (non-hydrogen) atoms. The Morgan fingerprint density at radius 3 is 2.31 bits per heavy atom. The summed E-state index contributed by atoms with van der Waals surface area (Å²) in [6, 6.07) is 6.90. The summed E-state index contributed by atoms with van der Waals surface area (Å²) < 4.78 is 0. The molecular formula is C14H21NO. The normalized spacial score (nSPS) is 10.3. The summed E-state index contributed by atoms with van der Waals surface area (Å²) >= 11 is 0. The Kier molecular flexibility index (Phi) is 5.62. The van der Waals surface area contributed by atoms with E-state index in [-0.39, 0.29) is 5.75 Å². The van der Waals surface area contributed by atoms with Gasteiger partial charge in [0.15, 0.2) is 0 Å². The van der Waals surface area contributed by atoms with Crippen LogP contribution in [0.3, 0.4) is 0 Å². The predicted octanol–water partition coefficient (Wildman–Crippen LogP) is 4.12. The molecule has 0 unspecified atom stereocenters. The first-order chi connectivity index (χ1) is 7.74. The molecule has 0 amide bonds. The lowest BCUT2D eigenvalue weighted by atomic mass is 10.0. The van der Waals surface area contributed by atoms with Gasteiger partial charge in [0.2, 0.25) is 0 Å². The predicted molar refractivity (Wildman–Crippen MR) is 68.3 cm³/mol. The molecule has 1 rings (SSSR count). The standard InChI is InChI=1S/C14H21NO/c1-2-3-4-5-6-7-14(15)12-8-10-13(16)11-9-12/h8-11,15-16H,2-7H2,1H3. The van der Waals surface area contributed by atoms with Gasteiger partial charge in [-0.15, -0.1) is 0 Å². The molecule has 1 aromatic carbocycles. The quantitative estimate of drug-likeness (QED) is 0.526. The molecule has 2 nitrogen and oxygen atoms in total. The number of rotatable bonds is 7. The first kappa shape index (κ1) is 12.8. The Morgan fingerprint density at radius 1 is 1.06 bits per heavy atom. The summed E-state index contributed by atoms with van der Waals surface area (Å²) in [5.74, 6) is 0.263. The third-order valence-corrected chi connectivity index (χ3v) is 2.75. The van der Waals surface area contributed by atoms with Crippen molar-refractivity contribution in [2.45, 2.75) is 45.4 Å². The smallest absolute Gasteiger partial charge is 0.115 e. The molecule has 0 saturated carbocycles. The Bertz CT molecular complexity index is 316. The molecule has 0 bridgehead atoms. The number of phenolic OH excluding ortho intramolecular Hbond substituents is 1. The number of hydrogen-bond acceptors (Lipinski definition) is 2. The molecule has 0 aliphatic rings. The number of benzene rings is 1. The Hall–Kier alpha value is -1.31. The zero-order valence-corrected chi connectivity index (χ0v) is 10.00. The van der Waals surface area contributed by atoms with Gasteiger partial charge < -0.3 is 10.5 Å². The number of aromatic hydroxyl groups is 1. The van der Waals surface area contributed by atoms with E-state index in [2.05, 4.69) is 6.92 Å². The second-order valence-corrected chi connectivity index (χ2v) is 4.19. The van der Waals surface area contributed by atoms with Crippen LogP contribution >= 0.6 is 0 Å². The van der Waals surface area contributed by atoms with Crippen LogP contribution in [-0.4, -0.2) is 10.8 Å². The van der Waals surface area contributed by atoms with Crippen molar-refractivity contribution in [3.8, 4) is 5.75 Å². The van der Waals surface area contributed by atoms with Crippen molar-refractivity contribution in [3.05, 3.63) is 29.8 Å². The minimum atomic E-state index is 0.263. The Morgan fingerprint density at radius 2 is 1.69 bits per heavy atom. The van der Waals surface area contributed by atoms with Gasteiger partial charge in [0.25, 0.3) is 0 Å².